The van der Waals surface area contributed by atoms with Gasteiger partial charge < -0.3 is 14.7 Å². The molecule has 2 aromatic rings. The first-order valence-corrected chi connectivity index (χ1v) is 9.96. The van der Waals surface area contributed by atoms with Crippen molar-refractivity contribution in [3.05, 3.63) is 63.1 Å². The lowest BCUT2D eigenvalue weighted by atomic mass is 9.84. The summed E-state index contributed by atoms with van der Waals surface area (Å²) in [6, 6.07) is 13.0. The summed E-state index contributed by atoms with van der Waals surface area (Å²) < 4.78 is 0. The molecule has 2 aromatic carbocycles. The quantitative estimate of drug-likeness (QED) is 0.756. The van der Waals surface area contributed by atoms with Gasteiger partial charge in [-0.05, 0) is 55.1 Å². The first kappa shape index (κ1) is 18.1. The molecule has 1 unspecified atom stereocenters. The molecular formula is C21H25Cl2N3. The van der Waals surface area contributed by atoms with E-state index >= 15 is 0 Å². The zero-order valence-corrected chi connectivity index (χ0v) is 16.9. The molecule has 2 aliphatic rings. The van der Waals surface area contributed by atoms with Crippen molar-refractivity contribution in [2.45, 2.75) is 12.5 Å². The predicted octanol–water partition coefficient (Wildman–Crippen LogP) is 4.32. The van der Waals surface area contributed by atoms with Crippen LogP contribution < -0.4 is 4.90 Å². The molecule has 3 nitrogen and oxygen atoms in total. The molecule has 0 amide bonds. The van der Waals surface area contributed by atoms with Gasteiger partial charge in [-0.3, -0.25) is 0 Å². The molecule has 0 radical (unpaired) electrons. The predicted molar refractivity (Wildman–Crippen MR) is 111 cm³/mol. The molecule has 26 heavy (non-hydrogen) atoms. The molecule has 0 aliphatic carbocycles. The number of nitrogens with zero attached hydrogens (tertiary/aromatic N) is 3. The normalized spacial score (nSPS) is 21.7. The topological polar surface area (TPSA) is 9.72 Å². The van der Waals surface area contributed by atoms with E-state index in [0.29, 0.717) is 5.92 Å². The van der Waals surface area contributed by atoms with E-state index in [4.69, 9.17) is 23.2 Å². The van der Waals surface area contributed by atoms with Crippen molar-refractivity contribution in [3.63, 3.8) is 0 Å². The van der Waals surface area contributed by atoms with Gasteiger partial charge in [0.1, 0.15) is 0 Å². The molecule has 2 aliphatic heterocycles. The van der Waals surface area contributed by atoms with E-state index in [1.54, 1.807) is 0 Å². The third kappa shape index (κ3) is 3.59. The fraction of sp³-hybridized carbons (Fsp3) is 0.429. The molecule has 0 N–H and O–H groups in total. The maximum atomic E-state index is 6.48. The van der Waals surface area contributed by atoms with Crippen molar-refractivity contribution in [2.75, 3.05) is 51.7 Å². The summed E-state index contributed by atoms with van der Waals surface area (Å²) in [4.78, 5) is 7.19. The fourth-order valence-electron chi connectivity index (χ4n) is 4.11. The average molecular weight is 390 g/mol. The minimum Gasteiger partial charge on any atom is -0.369 e. The number of anilines is 1. The van der Waals surface area contributed by atoms with Gasteiger partial charge in [-0.2, -0.15) is 0 Å². The number of likely N-dealkylation sites (N-methyl/N-ethyl adjacent to an activating group) is 2. The highest BCUT2D eigenvalue weighted by molar-refractivity contribution is 6.35. The Labute approximate surface area is 166 Å². The van der Waals surface area contributed by atoms with E-state index in [2.05, 4.69) is 59.1 Å². The molecule has 138 valence electrons. The van der Waals surface area contributed by atoms with E-state index in [9.17, 15) is 0 Å². The molecule has 1 fully saturated rings. The van der Waals surface area contributed by atoms with Crippen LogP contribution in [0.15, 0.2) is 36.4 Å². The molecule has 2 heterocycles. The number of hydrogen-bond acceptors (Lipinski definition) is 3. The zero-order valence-electron chi connectivity index (χ0n) is 15.4. The van der Waals surface area contributed by atoms with Crippen LogP contribution in [0.1, 0.15) is 22.6 Å². The third-order valence-corrected chi connectivity index (χ3v) is 6.21. The van der Waals surface area contributed by atoms with Crippen LogP contribution in [0.2, 0.25) is 10.0 Å². The Morgan fingerprint density at radius 2 is 1.58 bits per heavy atom. The van der Waals surface area contributed by atoms with Crippen LogP contribution in [0.25, 0.3) is 0 Å². The van der Waals surface area contributed by atoms with Crippen LogP contribution >= 0.6 is 23.2 Å². The number of fused-ring (bicyclic) bond motifs is 1. The molecule has 4 rings (SSSR count). The molecule has 0 saturated carbocycles. The SMILES string of the molecule is CN1CCN(c2ccc(C3CN(C)Cc4c(Cl)cc(Cl)cc43)cc2)CC1. The molecule has 5 heteroatoms. The van der Waals surface area contributed by atoms with E-state index in [0.717, 1.165) is 49.3 Å². The lowest BCUT2D eigenvalue weighted by Crippen LogP contribution is -2.44. The summed E-state index contributed by atoms with van der Waals surface area (Å²) in [5.74, 6) is 0.307. The highest BCUT2D eigenvalue weighted by Crippen LogP contribution is 2.38. The first-order valence-electron chi connectivity index (χ1n) is 9.21. The zero-order chi connectivity index (χ0) is 18.3. The smallest absolute Gasteiger partial charge is 0.0468 e. The van der Waals surface area contributed by atoms with Crippen molar-refractivity contribution < 1.29 is 0 Å². The Hall–Kier alpha value is -1.26. The van der Waals surface area contributed by atoms with Crippen molar-refractivity contribution in [1.29, 1.82) is 0 Å². The molecule has 0 aromatic heterocycles. The van der Waals surface area contributed by atoms with E-state index in [1.165, 1.54) is 22.4 Å². The van der Waals surface area contributed by atoms with Crippen LogP contribution in [-0.4, -0.2) is 56.6 Å². The van der Waals surface area contributed by atoms with Crippen molar-refractivity contribution in [3.8, 4) is 0 Å². The Bertz CT molecular complexity index is 783. The van der Waals surface area contributed by atoms with Gasteiger partial charge in [-0.15, -0.1) is 0 Å². The van der Waals surface area contributed by atoms with Crippen molar-refractivity contribution in [1.82, 2.24) is 9.80 Å². The van der Waals surface area contributed by atoms with Gasteiger partial charge in [-0.1, -0.05) is 35.3 Å². The first-order chi connectivity index (χ1) is 12.5. The van der Waals surface area contributed by atoms with Crippen LogP contribution in [0.3, 0.4) is 0 Å². The Morgan fingerprint density at radius 3 is 2.27 bits per heavy atom. The summed E-state index contributed by atoms with van der Waals surface area (Å²) in [6.07, 6.45) is 0. The van der Waals surface area contributed by atoms with Gasteiger partial charge in [0.15, 0.2) is 0 Å². The summed E-state index contributed by atoms with van der Waals surface area (Å²) in [6.45, 7) is 6.30. The number of benzene rings is 2. The van der Waals surface area contributed by atoms with Crippen LogP contribution in [0, 0.1) is 0 Å². The minimum atomic E-state index is 0.307. The number of hydrogen-bond donors (Lipinski definition) is 0. The van der Waals surface area contributed by atoms with E-state index < -0.39 is 0 Å². The monoisotopic (exact) mass is 389 g/mol. The van der Waals surface area contributed by atoms with Gasteiger partial charge in [0.2, 0.25) is 0 Å². The van der Waals surface area contributed by atoms with Crippen molar-refractivity contribution >= 4 is 28.9 Å². The molecule has 0 spiro atoms. The van der Waals surface area contributed by atoms with E-state index in [1.807, 2.05) is 6.07 Å². The largest absolute Gasteiger partial charge is 0.369 e. The van der Waals surface area contributed by atoms with Gasteiger partial charge in [-0.25, -0.2) is 0 Å². The summed E-state index contributed by atoms with van der Waals surface area (Å²) in [5.41, 5.74) is 5.12. The molecular weight excluding hydrogens is 365 g/mol. The van der Waals surface area contributed by atoms with Crippen molar-refractivity contribution in [2.24, 2.45) is 0 Å². The second kappa shape index (κ2) is 7.40. The van der Waals surface area contributed by atoms with Crippen LogP contribution in [-0.2, 0) is 6.54 Å². The summed E-state index contributed by atoms with van der Waals surface area (Å²) >= 11 is 12.8. The average Bonchev–Trinajstić information content (AvgIpc) is 2.63. The minimum absolute atomic E-state index is 0.307. The van der Waals surface area contributed by atoms with Crippen LogP contribution in [0.4, 0.5) is 5.69 Å². The second-order valence-electron chi connectivity index (χ2n) is 7.59. The number of halogens is 2. The maximum absolute atomic E-state index is 6.48. The Morgan fingerprint density at radius 1 is 0.885 bits per heavy atom. The lowest BCUT2D eigenvalue weighted by molar-refractivity contribution is 0.295. The number of piperazine rings is 1. The molecule has 1 saturated heterocycles. The third-order valence-electron chi connectivity index (χ3n) is 5.66. The standard InChI is InChI=1S/C21H25Cl2N3/c1-24-7-9-26(10-8-24)17-5-3-15(4-6-17)19-13-25(2)14-20-18(19)11-16(22)12-21(20)23/h3-6,11-12,19H,7-10,13-14H2,1-2H3. The number of rotatable bonds is 2. The van der Waals surface area contributed by atoms with Gasteiger partial charge in [0, 0.05) is 60.9 Å². The van der Waals surface area contributed by atoms with Gasteiger partial charge in [0.25, 0.3) is 0 Å². The Kier molecular flexibility index (Phi) is 5.15. The van der Waals surface area contributed by atoms with Gasteiger partial charge in [0.05, 0.1) is 0 Å². The lowest BCUT2D eigenvalue weighted by Gasteiger charge is -2.35. The highest BCUT2D eigenvalue weighted by atomic mass is 35.5. The maximum Gasteiger partial charge on any atom is 0.0468 e. The fourth-order valence-corrected chi connectivity index (χ4v) is 4.68. The molecule has 0 bridgehead atoms. The summed E-state index contributed by atoms with van der Waals surface area (Å²) in [5, 5.41) is 1.50. The highest BCUT2D eigenvalue weighted by Gasteiger charge is 2.27. The molecule has 1 atom stereocenters. The second-order valence-corrected chi connectivity index (χ2v) is 8.43. The van der Waals surface area contributed by atoms with Crippen LogP contribution in [0.5, 0.6) is 0 Å². The van der Waals surface area contributed by atoms with E-state index in [-0.39, 0.29) is 0 Å². The summed E-state index contributed by atoms with van der Waals surface area (Å²) in [7, 11) is 4.34. The Balaban J connectivity index is 1.62. The van der Waals surface area contributed by atoms with Gasteiger partial charge >= 0.3 is 0 Å².